The summed E-state index contributed by atoms with van der Waals surface area (Å²) in [5.74, 6) is 1.24. The largest absolute Gasteiger partial charge is 0.337 e. The molecular weight excluding hydrogens is 354 g/mol. The summed E-state index contributed by atoms with van der Waals surface area (Å²) in [6, 6.07) is 1.34. The molecule has 3 heterocycles. The van der Waals surface area contributed by atoms with E-state index in [2.05, 4.69) is 36.8 Å². The molecule has 0 spiro atoms. The number of hydrogen-bond donors (Lipinski definition) is 0. The van der Waals surface area contributed by atoms with Crippen molar-refractivity contribution in [3.63, 3.8) is 0 Å². The molecule has 1 saturated carbocycles. The van der Waals surface area contributed by atoms with Crippen molar-refractivity contribution in [2.45, 2.75) is 82.3 Å². The zero-order valence-corrected chi connectivity index (χ0v) is 15.2. The second kappa shape index (κ2) is 6.58. The maximum absolute atomic E-state index is 12.8. The summed E-state index contributed by atoms with van der Waals surface area (Å²) in [6.07, 6.45) is 15.7. The molecule has 4 rings (SSSR count). The smallest absolute Gasteiger partial charge is 0.223 e. The monoisotopic (exact) mass is 379 g/mol. The lowest BCUT2D eigenvalue weighted by molar-refractivity contribution is -0.136. The number of fused-ring (bicyclic) bond motifs is 2. The van der Waals surface area contributed by atoms with E-state index in [1.54, 1.807) is 0 Å². The molecule has 2 aliphatic heterocycles. The maximum atomic E-state index is 12.8. The molecule has 0 radical (unpaired) electrons. The lowest BCUT2D eigenvalue weighted by atomic mass is 9.95. The van der Waals surface area contributed by atoms with E-state index in [0.717, 1.165) is 36.1 Å². The van der Waals surface area contributed by atoms with E-state index >= 15 is 0 Å². The second-order valence-corrected chi connectivity index (χ2v) is 8.55. The number of piperidine rings is 1. The summed E-state index contributed by atoms with van der Waals surface area (Å²) in [6.45, 7) is 0. The van der Waals surface area contributed by atoms with Crippen LogP contribution in [0.25, 0.3) is 0 Å². The summed E-state index contributed by atoms with van der Waals surface area (Å²) in [4.78, 5) is 15.0. The number of hydrogen-bond acceptors (Lipinski definition) is 2. The van der Waals surface area contributed by atoms with Gasteiger partial charge in [0.25, 0.3) is 0 Å². The second-order valence-electron chi connectivity index (χ2n) is 7.64. The molecule has 0 N–H and O–H groups in total. The van der Waals surface area contributed by atoms with Gasteiger partial charge in [-0.25, -0.2) is 0 Å². The molecule has 1 aromatic heterocycles. The summed E-state index contributed by atoms with van der Waals surface area (Å²) in [5.41, 5.74) is 0. The summed E-state index contributed by atoms with van der Waals surface area (Å²) < 4.78 is 3.13. The van der Waals surface area contributed by atoms with Crippen LogP contribution in [0.5, 0.6) is 0 Å². The van der Waals surface area contributed by atoms with Gasteiger partial charge in [-0.15, -0.1) is 0 Å². The van der Waals surface area contributed by atoms with Gasteiger partial charge >= 0.3 is 0 Å². The Morgan fingerprint density at radius 2 is 1.83 bits per heavy atom. The molecule has 1 amide bonds. The van der Waals surface area contributed by atoms with Gasteiger partial charge in [-0.3, -0.25) is 9.48 Å². The number of carbonyl (C=O) groups is 1. The summed E-state index contributed by atoms with van der Waals surface area (Å²) in [5, 5.41) is 4.46. The predicted molar refractivity (Wildman–Crippen MR) is 93.0 cm³/mol. The van der Waals surface area contributed by atoms with Crippen molar-refractivity contribution in [3.05, 3.63) is 16.9 Å². The van der Waals surface area contributed by atoms with Crippen LogP contribution in [0.1, 0.15) is 70.3 Å². The van der Waals surface area contributed by atoms with Crippen LogP contribution in [0.15, 0.2) is 16.9 Å². The Morgan fingerprint density at radius 1 is 1.13 bits per heavy atom. The van der Waals surface area contributed by atoms with Crippen LogP contribution in [0.2, 0.25) is 0 Å². The van der Waals surface area contributed by atoms with Gasteiger partial charge in [0.1, 0.15) is 0 Å². The van der Waals surface area contributed by atoms with Crippen LogP contribution in [-0.2, 0) is 4.79 Å². The first-order valence-electron chi connectivity index (χ1n) is 9.21. The van der Waals surface area contributed by atoms with E-state index in [1.807, 2.05) is 6.20 Å². The Labute approximate surface area is 146 Å². The first kappa shape index (κ1) is 15.7. The highest BCUT2D eigenvalue weighted by atomic mass is 79.9. The van der Waals surface area contributed by atoms with Crippen LogP contribution >= 0.6 is 15.9 Å². The van der Waals surface area contributed by atoms with Crippen molar-refractivity contribution in [2.75, 3.05) is 0 Å². The molecule has 1 aliphatic carbocycles. The van der Waals surface area contributed by atoms with Crippen molar-refractivity contribution in [3.8, 4) is 0 Å². The fraction of sp³-hybridized carbons (Fsp3) is 0.778. The van der Waals surface area contributed by atoms with Gasteiger partial charge in [-0.05, 0) is 54.0 Å². The fourth-order valence-electron chi connectivity index (χ4n) is 5.04. The van der Waals surface area contributed by atoms with Crippen LogP contribution in [-0.4, -0.2) is 32.7 Å². The normalized spacial score (nSPS) is 31.0. The van der Waals surface area contributed by atoms with E-state index < -0.39 is 0 Å². The quantitative estimate of drug-likeness (QED) is 0.781. The molecule has 2 unspecified atom stereocenters. The molecule has 0 aromatic carbocycles. The Morgan fingerprint density at radius 3 is 2.43 bits per heavy atom. The Kier molecular flexibility index (Phi) is 4.48. The molecule has 2 saturated heterocycles. The van der Waals surface area contributed by atoms with Gasteiger partial charge in [0.2, 0.25) is 5.91 Å². The molecule has 2 atom stereocenters. The Hall–Kier alpha value is -0.840. The van der Waals surface area contributed by atoms with Crippen LogP contribution in [0, 0.1) is 5.92 Å². The first-order chi connectivity index (χ1) is 11.2. The highest BCUT2D eigenvalue weighted by Crippen LogP contribution is 2.41. The number of carbonyl (C=O) groups excluding carboxylic acids is 1. The molecule has 5 heteroatoms. The minimum atomic E-state index is 0.421. The Balaban J connectivity index is 1.37. The fourth-order valence-corrected chi connectivity index (χ4v) is 5.34. The van der Waals surface area contributed by atoms with E-state index in [-0.39, 0.29) is 0 Å². The van der Waals surface area contributed by atoms with Gasteiger partial charge in [-0.2, -0.15) is 5.10 Å². The first-order valence-corrected chi connectivity index (χ1v) is 10.0. The highest BCUT2D eigenvalue weighted by Gasteiger charge is 2.43. The molecule has 23 heavy (non-hydrogen) atoms. The van der Waals surface area contributed by atoms with Gasteiger partial charge in [0.05, 0.1) is 16.7 Å². The lowest BCUT2D eigenvalue weighted by Crippen LogP contribution is -2.47. The number of aromatic nitrogens is 2. The van der Waals surface area contributed by atoms with E-state index in [1.165, 1.54) is 38.5 Å². The average molecular weight is 380 g/mol. The van der Waals surface area contributed by atoms with Crippen LogP contribution in [0.3, 0.4) is 0 Å². The van der Waals surface area contributed by atoms with Crippen molar-refractivity contribution < 1.29 is 4.79 Å². The van der Waals surface area contributed by atoms with Crippen LogP contribution in [0.4, 0.5) is 0 Å². The third kappa shape index (κ3) is 3.21. The van der Waals surface area contributed by atoms with E-state index in [4.69, 9.17) is 0 Å². The molecular formula is C18H26BrN3O. The SMILES string of the molecule is O=C(CCC1CCCC1)N1C2CCC1CC(n1cc(Br)cn1)C2. The maximum Gasteiger partial charge on any atom is 0.223 e. The molecule has 1 aromatic rings. The van der Waals surface area contributed by atoms with Gasteiger partial charge < -0.3 is 4.90 Å². The average Bonchev–Trinajstić information content (AvgIpc) is 3.25. The number of nitrogens with zero attached hydrogens (tertiary/aromatic N) is 3. The van der Waals surface area contributed by atoms with Crippen molar-refractivity contribution in [1.82, 2.24) is 14.7 Å². The number of rotatable bonds is 4. The van der Waals surface area contributed by atoms with Gasteiger partial charge in [-0.1, -0.05) is 25.7 Å². The van der Waals surface area contributed by atoms with E-state index in [0.29, 0.717) is 24.0 Å². The molecule has 4 nitrogen and oxygen atoms in total. The van der Waals surface area contributed by atoms with Crippen molar-refractivity contribution in [1.29, 1.82) is 0 Å². The third-order valence-corrected chi connectivity index (χ3v) is 6.59. The minimum absolute atomic E-state index is 0.421. The molecule has 3 fully saturated rings. The minimum Gasteiger partial charge on any atom is -0.337 e. The molecule has 2 bridgehead atoms. The topological polar surface area (TPSA) is 38.1 Å². The standard InChI is InChI=1S/C18H26BrN3O/c19-14-11-20-21(12-14)17-9-15-6-7-16(10-17)22(15)18(23)8-5-13-3-1-2-4-13/h11-13,15-17H,1-10H2. The molecule has 3 aliphatic rings. The summed E-state index contributed by atoms with van der Waals surface area (Å²) in [7, 11) is 0. The highest BCUT2D eigenvalue weighted by molar-refractivity contribution is 9.10. The van der Waals surface area contributed by atoms with Gasteiger partial charge in [0.15, 0.2) is 0 Å². The van der Waals surface area contributed by atoms with Crippen molar-refractivity contribution in [2.24, 2.45) is 5.92 Å². The van der Waals surface area contributed by atoms with Gasteiger partial charge in [0, 0.05) is 24.7 Å². The predicted octanol–water partition coefficient (Wildman–Crippen LogP) is 4.31. The zero-order valence-electron chi connectivity index (χ0n) is 13.7. The molecule has 126 valence electrons. The lowest BCUT2D eigenvalue weighted by Gasteiger charge is -2.39. The van der Waals surface area contributed by atoms with Crippen LogP contribution < -0.4 is 0 Å². The van der Waals surface area contributed by atoms with E-state index in [9.17, 15) is 4.79 Å². The zero-order chi connectivity index (χ0) is 15.8. The summed E-state index contributed by atoms with van der Waals surface area (Å²) >= 11 is 3.48. The number of halogens is 1. The third-order valence-electron chi connectivity index (χ3n) is 6.18. The number of amides is 1. The van der Waals surface area contributed by atoms with Crippen molar-refractivity contribution >= 4 is 21.8 Å². The Bertz CT molecular complexity index is 552.